The molecule has 0 aromatic heterocycles. The van der Waals surface area contributed by atoms with E-state index in [9.17, 15) is 19.8 Å². The van der Waals surface area contributed by atoms with Crippen LogP contribution in [-0.4, -0.2) is 47.4 Å². The third-order valence-electron chi connectivity index (χ3n) is 17.8. The van der Waals surface area contributed by atoms with Gasteiger partial charge in [0.25, 0.3) is 0 Å². The van der Waals surface area contributed by atoms with E-state index in [4.69, 9.17) is 4.74 Å². The summed E-state index contributed by atoms with van der Waals surface area (Å²) < 4.78 is 5.51. The van der Waals surface area contributed by atoms with Crippen LogP contribution in [0.3, 0.4) is 0 Å². The van der Waals surface area contributed by atoms with Gasteiger partial charge in [0, 0.05) is 12.8 Å². The van der Waals surface area contributed by atoms with Crippen molar-refractivity contribution in [3.8, 4) is 0 Å². The molecule has 0 aromatic carbocycles. The molecular formula is C76H147NO5. The van der Waals surface area contributed by atoms with Gasteiger partial charge in [-0.2, -0.15) is 0 Å². The van der Waals surface area contributed by atoms with Crippen molar-refractivity contribution in [2.24, 2.45) is 0 Å². The van der Waals surface area contributed by atoms with Gasteiger partial charge in [-0.05, 0) is 57.8 Å². The van der Waals surface area contributed by atoms with E-state index in [-0.39, 0.29) is 18.5 Å². The molecule has 6 heteroatoms. The molecule has 0 fully saturated rings. The predicted octanol–water partition coefficient (Wildman–Crippen LogP) is 24.5. The number of esters is 1. The number of allylic oxidation sites excluding steroid dienone is 4. The summed E-state index contributed by atoms with van der Waals surface area (Å²) in [5.41, 5.74) is 0. The fraction of sp³-hybridized carbons (Fsp3) is 0.921. The highest BCUT2D eigenvalue weighted by atomic mass is 16.5. The Morgan fingerprint density at radius 3 is 0.951 bits per heavy atom. The Bertz CT molecular complexity index is 1280. The van der Waals surface area contributed by atoms with Crippen molar-refractivity contribution < 1.29 is 24.5 Å². The number of carbonyl (C=O) groups excluding carboxylic acids is 2. The predicted molar refractivity (Wildman–Crippen MR) is 361 cm³/mol. The van der Waals surface area contributed by atoms with Gasteiger partial charge in [0.15, 0.2) is 0 Å². The van der Waals surface area contributed by atoms with Crippen LogP contribution < -0.4 is 5.32 Å². The highest BCUT2D eigenvalue weighted by molar-refractivity contribution is 5.76. The third kappa shape index (κ3) is 67.5. The first-order valence-corrected chi connectivity index (χ1v) is 37.6. The molecule has 2 atom stereocenters. The SMILES string of the molecule is CCCCC/C=C\C/C=C\CCCCCCCCCCCC(=O)OCCCCCCCCCCCCCCCCCCCCCCCCCCCCCCCCCCCC(=O)NC(CO)C(O)CCCCCCCCCCCCCCC. The summed E-state index contributed by atoms with van der Waals surface area (Å²) in [7, 11) is 0. The molecule has 0 aliphatic carbocycles. The summed E-state index contributed by atoms with van der Waals surface area (Å²) in [5.74, 6) is -0.00902. The minimum atomic E-state index is -0.660. The molecule has 0 heterocycles. The van der Waals surface area contributed by atoms with Crippen LogP contribution in [0.4, 0.5) is 0 Å². The van der Waals surface area contributed by atoms with Crippen LogP contribution in [0, 0.1) is 0 Å². The maximum Gasteiger partial charge on any atom is 0.305 e. The van der Waals surface area contributed by atoms with Gasteiger partial charge in [0.1, 0.15) is 0 Å². The zero-order valence-electron chi connectivity index (χ0n) is 55.8. The Balaban J connectivity index is 3.29. The molecule has 0 spiro atoms. The fourth-order valence-electron chi connectivity index (χ4n) is 12.0. The average molecular weight is 1160 g/mol. The number of carbonyl (C=O) groups is 2. The average Bonchev–Trinajstić information content (AvgIpc) is 3.48. The van der Waals surface area contributed by atoms with Gasteiger partial charge in [-0.25, -0.2) is 0 Å². The summed E-state index contributed by atoms with van der Waals surface area (Å²) >= 11 is 0. The Morgan fingerprint density at radius 2 is 0.610 bits per heavy atom. The van der Waals surface area contributed by atoms with E-state index in [0.717, 1.165) is 44.9 Å². The lowest BCUT2D eigenvalue weighted by Crippen LogP contribution is -2.45. The van der Waals surface area contributed by atoms with E-state index in [1.54, 1.807) is 0 Å². The smallest absolute Gasteiger partial charge is 0.305 e. The summed E-state index contributed by atoms with van der Waals surface area (Å²) in [5, 5.41) is 23.3. The highest BCUT2D eigenvalue weighted by Gasteiger charge is 2.20. The summed E-state index contributed by atoms with van der Waals surface area (Å²) in [6.07, 6.45) is 91.1. The number of amides is 1. The Kier molecular flexibility index (Phi) is 70.4. The Morgan fingerprint density at radius 1 is 0.341 bits per heavy atom. The number of ether oxygens (including phenoxy) is 1. The van der Waals surface area contributed by atoms with Crippen molar-refractivity contribution in [1.29, 1.82) is 0 Å². The standard InChI is InChI=1S/C76H147NO5/c1-3-5-7-9-11-13-15-17-18-19-35-39-42-46-50-54-58-62-66-70-76(81)82-71-67-63-59-55-51-47-43-40-37-34-32-30-28-26-24-22-20-21-23-25-27-29-31-33-36-38-41-45-49-53-57-61-65-69-75(80)77-73(72-78)74(79)68-64-60-56-52-48-44-16-14-12-10-8-6-4-2/h11,13,17-18,73-74,78-79H,3-10,12,14-16,19-72H2,1-2H3,(H,77,80)/b13-11-,18-17-. The van der Waals surface area contributed by atoms with Crippen LogP contribution in [-0.2, 0) is 14.3 Å². The van der Waals surface area contributed by atoms with Gasteiger partial charge in [-0.15, -0.1) is 0 Å². The van der Waals surface area contributed by atoms with Gasteiger partial charge in [0.05, 0.1) is 25.4 Å². The molecule has 0 saturated carbocycles. The van der Waals surface area contributed by atoms with Crippen molar-refractivity contribution in [3.63, 3.8) is 0 Å². The van der Waals surface area contributed by atoms with Gasteiger partial charge in [0.2, 0.25) is 5.91 Å². The first-order chi connectivity index (χ1) is 40.5. The van der Waals surface area contributed by atoms with Gasteiger partial charge in [-0.1, -0.05) is 378 Å². The maximum absolute atomic E-state index is 12.5. The van der Waals surface area contributed by atoms with Crippen LogP contribution in [0.5, 0.6) is 0 Å². The number of aliphatic hydroxyl groups is 2. The van der Waals surface area contributed by atoms with Crippen LogP contribution in [0.15, 0.2) is 24.3 Å². The fourth-order valence-corrected chi connectivity index (χ4v) is 12.0. The molecular weight excluding hydrogens is 1010 g/mol. The third-order valence-corrected chi connectivity index (χ3v) is 17.8. The molecule has 6 nitrogen and oxygen atoms in total. The lowest BCUT2D eigenvalue weighted by molar-refractivity contribution is -0.143. The molecule has 0 aromatic rings. The van der Waals surface area contributed by atoms with Crippen LogP contribution in [0.2, 0.25) is 0 Å². The number of hydrogen-bond acceptors (Lipinski definition) is 5. The van der Waals surface area contributed by atoms with Crippen molar-refractivity contribution >= 4 is 11.9 Å². The molecule has 0 radical (unpaired) electrons. The van der Waals surface area contributed by atoms with Crippen LogP contribution >= 0.6 is 0 Å². The second-order valence-corrected chi connectivity index (χ2v) is 26.0. The van der Waals surface area contributed by atoms with Crippen molar-refractivity contribution in [2.45, 2.75) is 437 Å². The monoisotopic (exact) mass is 1150 g/mol. The number of aliphatic hydroxyl groups excluding tert-OH is 2. The van der Waals surface area contributed by atoms with Crippen molar-refractivity contribution in [2.75, 3.05) is 13.2 Å². The summed E-state index contributed by atoms with van der Waals surface area (Å²) in [6.45, 7) is 4.96. The van der Waals surface area contributed by atoms with Crippen molar-refractivity contribution in [1.82, 2.24) is 5.32 Å². The van der Waals surface area contributed by atoms with Crippen molar-refractivity contribution in [3.05, 3.63) is 24.3 Å². The van der Waals surface area contributed by atoms with E-state index in [1.807, 2.05) is 0 Å². The van der Waals surface area contributed by atoms with Gasteiger partial charge < -0.3 is 20.3 Å². The number of unbranched alkanes of at least 4 members (excludes halogenated alkanes) is 56. The van der Waals surface area contributed by atoms with Crippen LogP contribution in [0.1, 0.15) is 425 Å². The first-order valence-electron chi connectivity index (χ1n) is 37.6. The lowest BCUT2D eigenvalue weighted by atomic mass is 10.0. The summed E-state index contributed by atoms with van der Waals surface area (Å²) in [6, 6.07) is -0.536. The molecule has 0 bridgehead atoms. The molecule has 0 aliphatic heterocycles. The second kappa shape index (κ2) is 71.8. The molecule has 3 N–H and O–H groups in total. The number of nitrogens with one attached hydrogen (secondary N) is 1. The minimum Gasteiger partial charge on any atom is -0.466 e. The summed E-state index contributed by atoms with van der Waals surface area (Å²) in [4.78, 5) is 24.6. The number of hydrogen-bond donors (Lipinski definition) is 3. The highest BCUT2D eigenvalue weighted by Crippen LogP contribution is 2.20. The largest absolute Gasteiger partial charge is 0.466 e. The zero-order valence-corrected chi connectivity index (χ0v) is 55.8. The van der Waals surface area contributed by atoms with E-state index in [0.29, 0.717) is 25.9 Å². The number of rotatable bonds is 71. The van der Waals surface area contributed by atoms with Crippen LogP contribution in [0.25, 0.3) is 0 Å². The van der Waals surface area contributed by atoms with Gasteiger partial charge >= 0.3 is 5.97 Å². The molecule has 486 valence electrons. The quantitative estimate of drug-likeness (QED) is 0.0320. The van der Waals surface area contributed by atoms with E-state index in [2.05, 4.69) is 43.5 Å². The zero-order chi connectivity index (χ0) is 59.2. The molecule has 82 heavy (non-hydrogen) atoms. The maximum atomic E-state index is 12.5. The Labute approximate surface area is 513 Å². The van der Waals surface area contributed by atoms with E-state index in [1.165, 1.54) is 347 Å². The van der Waals surface area contributed by atoms with E-state index >= 15 is 0 Å². The molecule has 0 saturated heterocycles. The molecule has 0 rings (SSSR count). The normalized spacial score (nSPS) is 12.6. The van der Waals surface area contributed by atoms with E-state index < -0.39 is 12.1 Å². The Hall–Kier alpha value is -1.66. The minimum absolute atomic E-state index is 0.0187. The lowest BCUT2D eigenvalue weighted by Gasteiger charge is -2.22. The van der Waals surface area contributed by atoms with Gasteiger partial charge in [-0.3, -0.25) is 9.59 Å². The molecule has 1 amide bonds. The molecule has 2 unspecified atom stereocenters. The second-order valence-electron chi connectivity index (χ2n) is 26.0. The topological polar surface area (TPSA) is 95.9 Å². The molecule has 0 aliphatic rings. The first kappa shape index (κ1) is 80.3.